The van der Waals surface area contributed by atoms with E-state index in [0.29, 0.717) is 3.97 Å². The molecule has 0 N–H and O–H groups in total. The van der Waals surface area contributed by atoms with Gasteiger partial charge >= 0.3 is 6.18 Å². The van der Waals surface area contributed by atoms with Crippen LogP contribution < -0.4 is 0 Å². The number of hydrogen-bond donors (Lipinski definition) is 0. The van der Waals surface area contributed by atoms with E-state index in [9.17, 15) is 34.8 Å². The summed E-state index contributed by atoms with van der Waals surface area (Å²) in [4.78, 5) is 10.6. The van der Waals surface area contributed by atoms with Crippen LogP contribution in [0.25, 0.3) is 10.9 Å². The van der Waals surface area contributed by atoms with Gasteiger partial charge in [0.25, 0.3) is 10.0 Å². The first-order valence-electron chi connectivity index (χ1n) is 10.4. The lowest BCUT2D eigenvalue weighted by Gasteiger charge is -2.29. The maximum absolute atomic E-state index is 13.9. The normalized spacial score (nSPS) is 16.4. The van der Waals surface area contributed by atoms with E-state index < -0.39 is 53.6 Å². The average molecular weight is 515 g/mol. The highest BCUT2D eigenvalue weighted by atomic mass is 32.2. The molecule has 7 nitrogen and oxygen atoms in total. The van der Waals surface area contributed by atoms with Crippen LogP contribution in [0.15, 0.2) is 64.5 Å². The van der Waals surface area contributed by atoms with Gasteiger partial charge in [0, 0.05) is 37.5 Å². The molecule has 12 heteroatoms. The molecule has 0 saturated heterocycles. The summed E-state index contributed by atoms with van der Waals surface area (Å²) in [6.45, 7) is 0. The number of ketones is 1. The molecule has 0 radical (unpaired) electrons. The van der Waals surface area contributed by atoms with Crippen molar-refractivity contribution in [2.24, 2.45) is 0 Å². The lowest BCUT2D eigenvalue weighted by Crippen LogP contribution is -2.39. The second kappa shape index (κ2) is 8.51. The summed E-state index contributed by atoms with van der Waals surface area (Å²) in [6, 6.07) is 9.34. The Balaban J connectivity index is 1.98. The number of nitrogens with zero attached hydrogens (tertiary/aromatic N) is 2. The molecule has 4 rings (SSSR count). The molecule has 0 amide bonds. The van der Waals surface area contributed by atoms with Crippen molar-refractivity contribution in [1.29, 1.82) is 0 Å². The van der Waals surface area contributed by atoms with Crippen LogP contribution in [0.3, 0.4) is 0 Å². The first kappa shape index (κ1) is 24.4. The number of hydrogen-bond acceptors (Lipinski definition) is 5. The third kappa shape index (κ3) is 4.14. The van der Waals surface area contributed by atoms with Gasteiger partial charge in [0.15, 0.2) is 0 Å². The van der Waals surface area contributed by atoms with Crippen LogP contribution in [0.4, 0.5) is 13.2 Å². The molecule has 2 aromatic carbocycles. The number of sulfonamides is 1. The van der Waals surface area contributed by atoms with E-state index in [-0.39, 0.29) is 36.4 Å². The van der Waals surface area contributed by atoms with Crippen LogP contribution in [0, 0.1) is 0 Å². The number of halogens is 3. The fourth-order valence-corrected chi connectivity index (χ4v) is 7.27. The lowest BCUT2D eigenvalue weighted by atomic mass is 9.95. The van der Waals surface area contributed by atoms with Gasteiger partial charge in [-0.2, -0.15) is 17.5 Å². The van der Waals surface area contributed by atoms with Crippen molar-refractivity contribution in [3.05, 3.63) is 60.3 Å². The summed E-state index contributed by atoms with van der Waals surface area (Å²) < 4.78 is 96.9. The highest BCUT2D eigenvalue weighted by Gasteiger charge is 2.40. The Morgan fingerprint density at radius 3 is 2.15 bits per heavy atom. The maximum atomic E-state index is 13.9. The van der Waals surface area contributed by atoms with E-state index in [1.54, 1.807) is 6.07 Å². The topological polar surface area (TPSA) is 93.5 Å². The van der Waals surface area contributed by atoms with E-state index in [1.165, 1.54) is 31.3 Å². The average Bonchev–Trinajstić information content (AvgIpc) is 3.20. The number of rotatable bonds is 5. The molecule has 0 atom stereocenters. The Hall–Kier alpha value is -2.70. The van der Waals surface area contributed by atoms with Crippen molar-refractivity contribution in [1.82, 2.24) is 8.28 Å². The second-order valence-electron chi connectivity index (χ2n) is 8.10. The highest BCUT2D eigenvalue weighted by molar-refractivity contribution is 7.90. The minimum atomic E-state index is -4.93. The predicted octanol–water partition coefficient (Wildman–Crippen LogP) is 4.03. The Kier molecular flexibility index (Phi) is 6.11. The maximum Gasteiger partial charge on any atom is 0.417 e. The van der Waals surface area contributed by atoms with Crippen molar-refractivity contribution in [2.45, 2.75) is 47.7 Å². The largest absolute Gasteiger partial charge is 0.417 e. The summed E-state index contributed by atoms with van der Waals surface area (Å²) in [5.41, 5.74) is -1.65. The molecule has 0 spiro atoms. The van der Waals surface area contributed by atoms with Gasteiger partial charge in [0.1, 0.15) is 10.7 Å². The Morgan fingerprint density at radius 1 is 0.941 bits per heavy atom. The number of aromatic nitrogens is 1. The van der Waals surface area contributed by atoms with Gasteiger partial charge in [-0.05, 0) is 37.1 Å². The van der Waals surface area contributed by atoms with Crippen LogP contribution in [-0.4, -0.2) is 44.0 Å². The highest BCUT2D eigenvalue weighted by Crippen LogP contribution is 2.41. The van der Waals surface area contributed by atoms with Crippen molar-refractivity contribution in [2.75, 3.05) is 7.05 Å². The van der Waals surface area contributed by atoms with Gasteiger partial charge in [-0.1, -0.05) is 24.3 Å². The first-order chi connectivity index (χ1) is 15.8. The van der Waals surface area contributed by atoms with Crippen molar-refractivity contribution in [3.63, 3.8) is 0 Å². The van der Waals surface area contributed by atoms with Crippen LogP contribution in [-0.2, 0) is 31.0 Å². The molecule has 1 fully saturated rings. The Bertz CT molecular complexity index is 1450. The molecule has 1 heterocycles. The number of Topliss-reactive ketones (excluding diaryl/α,β-unsaturated/α-hetero) is 1. The van der Waals surface area contributed by atoms with Crippen molar-refractivity contribution < 1.29 is 34.8 Å². The van der Waals surface area contributed by atoms with Gasteiger partial charge in [0.2, 0.25) is 10.0 Å². The molecular formula is C22H21F3N2O5S2. The van der Waals surface area contributed by atoms with Crippen LogP contribution in [0.5, 0.6) is 0 Å². The summed E-state index contributed by atoms with van der Waals surface area (Å²) in [7, 11) is -7.72. The monoisotopic (exact) mass is 514 g/mol. The van der Waals surface area contributed by atoms with E-state index in [0.717, 1.165) is 28.7 Å². The zero-order valence-electron chi connectivity index (χ0n) is 18.0. The molecule has 1 aliphatic carbocycles. The van der Waals surface area contributed by atoms with E-state index >= 15 is 0 Å². The predicted molar refractivity (Wildman–Crippen MR) is 118 cm³/mol. The lowest BCUT2D eigenvalue weighted by molar-refractivity contribution is -0.136. The molecule has 0 bridgehead atoms. The van der Waals surface area contributed by atoms with E-state index in [1.807, 2.05) is 0 Å². The van der Waals surface area contributed by atoms with Gasteiger partial charge < -0.3 is 0 Å². The summed E-state index contributed by atoms with van der Waals surface area (Å²) in [5, 5.41) is -0.715. The summed E-state index contributed by atoms with van der Waals surface area (Å²) in [6.07, 6.45) is -3.38. The summed E-state index contributed by atoms with van der Waals surface area (Å²) >= 11 is 0. The standard InChI is InChI=1S/C22H21F3N2O5S2/c1-26(15-10-12-16(28)13-11-15)34(31,32)20-14-27(33(29,30)17-6-3-2-4-7-17)19-9-5-8-18(21(19)20)22(23,24)25/h2-9,14-15H,10-13H2,1H3. The minimum Gasteiger partial charge on any atom is -0.300 e. The molecule has 3 aromatic rings. The first-order valence-corrected chi connectivity index (χ1v) is 13.2. The number of benzene rings is 2. The van der Waals surface area contributed by atoms with Crippen LogP contribution in [0.2, 0.25) is 0 Å². The minimum absolute atomic E-state index is 0.00744. The van der Waals surface area contributed by atoms with E-state index in [4.69, 9.17) is 0 Å². The van der Waals surface area contributed by atoms with Gasteiger partial charge in [-0.25, -0.2) is 20.8 Å². The fraction of sp³-hybridized carbons (Fsp3) is 0.318. The van der Waals surface area contributed by atoms with E-state index in [2.05, 4.69) is 0 Å². The number of carbonyl (C=O) groups is 1. The zero-order valence-corrected chi connectivity index (χ0v) is 19.6. The zero-order chi connectivity index (χ0) is 24.9. The third-order valence-electron chi connectivity index (χ3n) is 6.05. The smallest absolute Gasteiger partial charge is 0.300 e. The summed E-state index contributed by atoms with van der Waals surface area (Å²) in [5.74, 6) is -0.00744. The second-order valence-corrected chi connectivity index (χ2v) is 11.9. The number of carbonyl (C=O) groups excluding carboxylic acids is 1. The van der Waals surface area contributed by atoms with Gasteiger partial charge in [-0.15, -0.1) is 0 Å². The number of fused-ring (bicyclic) bond motifs is 1. The molecule has 1 aromatic heterocycles. The molecular weight excluding hydrogens is 493 g/mol. The molecule has 0 unspecified atom stereocenters. The molecule has 1 aliphatic rings. The Labute approximate surface area is 194 Å². The fourth-order valence-electron chi connectivity index (χ4n) is 4.20. The molecule has 34 heavy (non-hydrogen) atoms. The SMILES string of the molecule is CN(C1CCC(=O)CC1)S(=O)(=O)c1cn(S(=O)(=O)c2ccccc2)c2cccc(C(F)(F)F)c12. The molecule has 0 aliphatic heterocycles. The van der Waals surface area contributed by atoms with Gasteiger partial charge in [0.05, 0.1) is 16.0 Å². The quantitative estimate of drug-likeness (QED) is 0.513. The number of alkyl halides is 3. The van der Waals surface area contributed by atoms with Crippen molar-refractivity contribution in [3.8, 4) is 0 Å². The Morgan fingerprint density at radius 2 is 1.56 bits per heavy atom. The van der Waals surface area contributed by atoms with Crippen LogP contribution >= 0.6 is 0 Å². The third-order valence-corrected chi connectivity index (χ3v) is 9.66. The van der Waals surface area contributed by atoms with Crippen molar-refractivity contribution >= 4 is 36.7 Å². The van der Waals surface area contributed by atoms with Crippen LogP contribution in [0.1, 0.15) is 31.2 Å². The molecule has 1 saturated carbocycles. The van der Waals surface area contributed by atoms with Gasteiger partial charge in [-0.3, -0.25) is 4.79 Å². The molecule has 182 valence electrons.